The third-order valence-electron chi connectivity index (χ3n) is 11.3. The number of rotatable bonds is 47. The minimum Gasteiger partial charge on any atom is -0.462 e. The molecule has 0 saturated heterocycles. The molecule has 1 unspecified atom stereocenters. The Bertz CT molecular complexity index is 1070. The summed E-state index contributed by atoms with van der Waals surface area (Å²) in [6, 6.07) is 0. The first kappa shape index (κ1) is 58.4. The molecule has 0 bridgehead atoms. The van der Waals surface area contributed by atoms with Crippen molar-refractivity contribution in [3.05, 3.63) is 48.6 Å². The van der Waals surface area contributed by atoms with Crippen LogP contribution < -0.4 is 0 Å². The maximum absolute atomic E-state index is 12.8. The van der Waals surface area contributed by atoms with Crippen LogP contribution >= 0.6 is 0 Å². The zero-order valence-electron chi connectivity index (χ0n) is 40.4. The van der Waals surface area contributed by atoms with Gasteiger partial charge >= 0.3 is 17.9 Å². The molecule has 6 heteroatoms. The van der Waals surface area contributed by atoms with Crippen LogP contribution in [0.3, 0.4) is 0 Å². The number of ether oxygens (including phenoxy) is 3. The predicted molar refractivity (Wildman–Crippen MR) is 261 cm³/mol. The van der Waals surface area contributed by atoms with Crippen molar-refractivity contribution >= 4 is 17.9 Å². The van der Waals surface area contributed by atoms with Gasteiger partial charge in [-0.25, -0.2) is 0 Å². The van der Waals surface area contributed by atoms with E-state index < -0.39 is 6.10 Å². The van der Waals surface area contributed by atoms with Gasteiger partial charge < -0.3 is 14.2 Å². The predicted octanol–water partition coefficient (Wildman–Crippen LogP) is 17.1. The number of carbonyl (C=O) groups is 3. The summed E-state index contributed by atoms with van der Waals surface area (Å²) in [6.45, 7) is 6.58. The number of carbonyl (C=O) groups excluding carboxylic acids is 3. The summed E-state index contributed by atoms with van der Waals surface area (Å²) in [5.74, 6) is -0.941. The first-order chi connectivity index (χ1) is 30.0. The second-order valence-corrected chi connectivity index (χ2v) is 17.4. The molecule has 1 atom stereocenters. The lowest BCUT2D eigenvalue weighted by molar-refractivity contribution is -0.167. The van der Waals surface area contributed by atoms with Crippen molar-refractivity contribution in [2.75, 3.05) is 13.2 Å². The van der Waals surface area contributed by atoms with Crippen molar-refractivity contribution in [3.63, 3.8) is 0 Å². The molecule has 354 valence electrons. The molecule has 0 aromatic carbocycles. The highest BCUT2D eigenvalue weighted by molar-refractivity contribution is 5.71. The molecule has 0 heterocycles. The van der Waals surface area contributed by atoms with Gasteiger partial charge in [0.25, 0.3) is 0 Å². The number of esters is 3. The van der Waals surface area contributed by atoms with Crippen molar-refractivity contribution in [1.82, 2.24) is 0 Å². The maximum Gasteiger partial charge on any atom is 0.306 e. The molecule has 0 aliphatic rings. The highest BCUT2D eigenvalue weighted by Crippen LogP contribution is 2.15. The molecule has 0 rings (SSSR count). The van der Waals surface area contributed by atoms with E-state index in [4.69, 9.17) is 14.2 Å². The molecule has 61 heavy (non-hydrogen) atoms. The smallest absolute Gasteiger partial charge is 0.306 e. The summed E-state index contributed by atoms with van der Waals surface area (Å²) >= 11 is 0. The van der Waals surface area contributed by atoms with Gasteiger partial charge in [0, 0.05) is 19.3 Å². The summed E-state index contributed by atoms with van der Waals surface area (Å²) in [5.41, 5.74) is 0. The molecule has 0 saturated carbocycles. The maximum atomic E-state index is 12.8. The molecular formula is C55H98O6. The Labute approximate surface area is 378 Å². The van der Waals surface area contributed by atoms with Gasteiger partial charge in [0.1, 0.15) is 13.2 Å². The van der Waals surface area contributed by atoms with Crippen LogP contribution in [0.5, 0.6) is 0 Å². The van der Waals surface area contributed by atoms with Crippen LogP contribution in [-0.2, 0) is 28.6 Å². The van der Waals surface area contributed by atoms with E-state index in [-0.39, 0.29) is 31.1 Å². The summed E-state index contributed by atoms with van der Waals surface area (Å²) < 4.78 is 16.7. The minimum absolute atomic E-state index is 0.0882. The van der Waals surface area contributed by atoms with E-state index >= 15 is 0 Å². The Morgan fingerprint density at radius 2 is 0.607 bits per heavy atom. The molecule has 0 aliphatic heterocycles. The monoisotopic (exact) mass is 855 g/mol. The third-order valence-corrected chi connectivity index (χ3v) is 11.3. The molecule has 0 spiro atoms. The second-order valence-electron chi connectivity index (χ2n) is 17.4. The fourth-order valence-electron chi connectivity index (χ4n) is 7.34. The normalized spacial score (nSPS) is 12.4. The van der Waals surface area contributed by atoms with Crippen LogP contribution in [-0.4, -0.2) is 37.2 Å². The number of hydrogen-bond acceptors (Lipinski definition) is 6. The highest BCUT2D eigenvalue weighted by atomic mass is 16.6. The Morgan fingerprint density at radius 1 is 0.328 bits per heavy atom. The highest BCUT2D eigenvalue weighted by Gasteiger charge is 2.19. The molecular weight excluding hydrogens is 757 g/mol. The lowest BCUT2D eigenvalue weighted by atomic mass is 10.1. The van der Waals surface area contributed by atoms with Crippen LogP contribution in [0.4, 0.5) is 0 Å². The standard InChI is InChI=1S/C55H98O6/c1-4-7-10-13-16-19-22-24-26-27-29-30-33-36-39-42-45-48-54(57)60-51-52(50-59-53(56)47-44-41-38-35-32-21-18-15-12-9-6-3)61-55(58)49-46-43-40-37-34-31-28-25-23-20-17-14-11-8-5-2/h20,23-24,26,29-30,36,39,52H,4-19,21-22,25,27-28,31-35,37-38,40-51H2,1-3H3/b23-20-,26-24-,30-29-,39-36-. The molecule has 0 aliphatic carbocycles. The number of unbranched alkanes of at least 4 members (excludes halogenated alkanes) is 28. The van der Waals surface area contributed by atoms with Gasteiger partial charge in [-0.15, -0.1) is 0 Å². The van der Waals surface area contributed by atoms with Gasteiger partial charge in [0.15, 0.2) is 6.10 Å². The van der Waals surface area contributed by atoms with E-state index in [9.17, 15) is 14.4 Å². The van der Waals surface area contributed by atoms with Gasteiger partial charge in [-0.05, 0) is 77.0 Å². The lowest BCUT2D eigenvalue weighted by Crippen LogP contribution is -2.30. The van der Waals surface area contributed by atoms with E-state index in [1.807, 2.05) is 0 Å². The quantitative estimate of drug-likeness (QED) is 0.0263. The molecule has 0 amide bonds. The van der Waals surface area contributed by atoms with Gasteiger partial charge in [0.05, 0.1) is 0 Å². The molecule has 0 aromatic rings. The Balaban J connectivity index is 4.43. The van der Waals surface area contributed by atoms with E-state index in [1.54, 1.807) is 0 Å². The van der Waals surface area contributed by atoms with Crippen LogP contribution in [0.15, 0.2) is 48.6 Å². The summed E-state index contributed by atoms with van der Waals surface area (Å²) in [7, 11) is 0. The van der Waals surface area contributed by atoms with Crippen molar-refractivity contribution < 1.29 is 28.6 Å². The van der Waals surface area contributed by atoms with Crippen molar-refractivity contribution in [1.29, 1.82) is 0 Å². The zero-order chi connectivity index (χ0) is 44.4. The van der Waals surface area contributed by atoms with Gasteiger partial charge in [-0.1, -0.05) is 217 Å². The lowest BCUT2D eigenvalue weighted by Gasteiger charge is -2.18. The fourth-order valence-corrected chi connectivity index (χ4v) is 7.34. The largest absolute Gasteiger partial charge is 0.462 e. The van der Waals surface area contributed by atoms with E-state index in [1.165, 1.54) is 161 Å². The molecule has 0 fully saturated rings. The first-order valence-corrected chi connectivity index (χ1v) is 26.1. The minimum atomic E-state index is -0.791. The fraction of sp³-hybridized carbons (Fsp3) is 0.800. The number of hydrogen-bond donors (Lipinski definition) is 0. The van der Waals surface area contributed by atoms with E-state index in [0.29, 0.717) is 25.7 Å². The third kappa shape index (κ3) is 48.3. The zero-order valence-corrected chi connectivity index (χ0v) is 40.4. The van der Waals surface area contributed by atoms with E-state index in [2.05, 4.69) is 69.4 Å². The van der Waals surface area contributed by atoms with Gasteiger partial charge in [-0.3, -0.25) is 14.4 Å². The average molecular weight is 855 g/mol. The summed E-state index contributed by atoms with van der Waals surface area (Å²) in [6.07, 6.45) is 59.5. The van der Waals surface area contributed by atoms with E-state index in [0.717, 1.165) is 57.8 Å². The van der Waals surface area contributed by atoms with Gasteiger partial charge in [0.2, 0.25) is 0 Å². The molecule has 0 radical (unpaired) electrons. The summed E-state index contributed by atoms with van der Waals surface area (Å²) in [5, 5.41) is 0. The SMILES string of the molecule is CCCCCC/C=C\CCCCCCCCCC(=O)OC(COC(=O)CCC/C=C\C/C=C\C/C=C\CCCCCCCC)COC(=O)CCCCCCCCCCCCC. The first-order valence-electron chi connectivity index (χ1n) is 26.1. The topological polar surface area (TPSA) is 78.9 Å². The van der Waals surface area contributed by atoms with Crippen LogP contribution in [0.2, 0.25) is 0 Å². The van der Waals surface area contributed by atoms with Crippen LogP contribution in [0, 0.1) is 0 Å². The average Bonchev–Trinajstić information content (AvgIpc) is 3.26. The van der Waals surface area contributed by atoms with Crippen molar-refractivity contribution in [2.45, 2.75) is 271 Å². The Morgan fingerprint density at radius 3 is 1.02 bits per heavy atom. The molecule has 0 aromatic heterocycles. The summed E-state index contributed by atoms with van der Waals surface area (Å²) in [4.78, 5) is 37.9. The van der Waals surface area contributed by atoms with Crippen molar-refractivity contribution in [2.24, 2.45) is 0 Å². The Kier molecular flexibility index (Phi) is 47.9. The van der Waals surface area contributed by atoms with Gasteiger partial charge in [-0.2, -0.15) is 0 Å². The molecule has 0 N–H and O–H groups in total. The second kappa shape index (κ2) is 50.0. The molecule has 6 nitrogen and oxygen atoms in total. The number of allylic oxidation sites excluding steroid dienone is 8. The van der Waals surface area contributed by atoms with Crippen molar-refractivity contribution in [3.8, 4) is 0 Å². The van der Waals surface area contributed by atoms with Crippen LogP contribution in [0.1, 0.15) is 265 Å². The van der Waals surface area contributed by atoms with Crippen LogP contribution in [0.25, 0.3) is 0 Å². The Hall–Kier alpha value is -2.63.